The number of aryl methyl sites for hydroxylation is 2. The number of benzene rings is 1. The first-order valence-corrected chi connectivity index (χ1v) is 4.76. The van der Waals surface area contributed by atoms with E-state index in [0.717, 1.165) is 11.2 Å². The number of nitrogens with zero attached hydrogens (tertiary/aromatic N) is 1. The van der Waals surface area contributed by atoms with Crippen molar-refractivity contribution in [3.63, 3.8) is 0 Å². The Kier molecular flexibility index (Phi) is 2.12. The summed E-state index contributed by atoms with van der Waals surface area (Å²) in [7, 11) is 1.94. The van der Waals surface area contributed by atoms with E-state index in [1.807, 2.05) is 19.3 Å². The van der Waals surface area contributed by atoms with Crippen LogP contribution in [0.15, 0.2) is 24.4 Å². The lowest BCUT2D eigenvalue weighted by molar-refractivity contribution is 1.34. The third-order valence-corrected chi connectivity index (χ3v) is 2.57. The first-order chi connectivity index (χ1) is 6.74. The molecule has 0 unspecified atom stereocenters. The molecular weight excluding hydrogens is 172 g/mol. The minimum Gasteiger partial charge on any atom is -0.388 e. The molecule has 1 aromatic carbocycles. The van der Waals surface area contributed by atoms with Crippen molar-refractivity contribution < 1.29 is 0 Å². The fraction of sp³-hybridized carbons (Fsp3) is 0.250. The zero-order valence-electron chi connectivity index (χ0n) is 8.76. The Bertz CT molecular complexity index is 475. The molecule has 0 radical (unpaired) electrons. The Balaban J connectivity index is 2.92. The van der Waals surface area contributed by atoms with Crippen molar-refractivity contribution in [2.24, 2.45) is 0 Å². The minimum atomic E-state index is 1.09. The second-order valence-electron chi connectivity index (χ2n) is 3.53. The molecular formula is C12H14N2. The predicted molar refractivity (Wildman–Crippen MR) is 60.8 cm³/mol. The highest BCUT2D eigenvalue weighted by Gasteiger charge is 2.05. The van der Waals surface area contributed by atoms with Gasteiger partial charge in [-0.1, -0.05) is 12.1 Å². The summed E-state index contributed by atoms with van der Waals surface area (Å²) in [6, 6.07) is 6.26. The van der Waals surface area contributed by atoms with Gasteiger partial charge in [-0.2, -0.15) is 0 Å². The van der Waals surface area contributed by atoms with Gasteiger partial charge in [-0.25, -0.2) is 0 Å². The molecule has 2 aromatic rings. The van der Waals surface area contributed by atoms with Crippen LogP contribution in [0.3, 0.4) is 0 Å². The smallest absolute Gasteiger partial charge is 0.0754 e. The van der Waals surface area contributed by atoms with Gasteiger partial charge in [-0.15, -0.1) is 0 Å². The summed E-state index contributed by atoms with van der Waals surface area (Å²) in [5.41, 5.74) is 4.74. The van der Waals surface area contributed by atoms with Gasteiger partial charge in [0, 0.05) is 24.3 Å². The van der Waals surface area contributed by atoms with Crippen molar-refractivity contribution in [1.82, 2.24) is 4.98 Å². The lowest BCUT2D eigenvalue weighted by atomic mass is 10.0. The second kappa shape index (κ2) is 3.29. The van der Waals surface area contributed by atoms with Crippen LogP contribution < -0.4 is 5.32 Å². The molecule has 0 amide bonds. The third kappa shape index (κ3) is 1.23. The average Bonchev–Trinajstić information content (AvgIpc) is 2.23. The van der Waals surface area contributed by atoms with Gasteiger partial charge in [0.05, 0.1) is 5.52 Å². The van der Waals surface area contributed by atoms with Crippen molar-refractivity contribution in [3.05, 3.63) is 35.5 Å². The van der Waals surface area contributed by atoms with Gasteiger partial charge in [0.15, 0.2) is 0 Å². The van der Waals surface area contributed by atoms with Crippen LogP contribution in [0.4, 0.5) is 5.69 Å². The van der Waals surface area contributed by atoms with Crippen molar-refractivity contribution in [1.29, 1.82) is 0 Å². The minimum absolute atomic E-state index is 1.09. The quantitative estimate of drug-likeness (QED) is 0.740. The number of pyridine rings is 1. The Labute approximate surface area is 84.0 Å². The molecule has 0 bridgehead atoms. The maximum absolute atomic E-state index is 4.41. The van der Waals surface area contributed by atoms with Crippen LogP contribution >= 0.6 is 0 Å². The standard InChI is InChI=1S/C12H14N2/c1-8-4-5-9(2)12-11(8)10(13-3)6-7-14-12/h4-7H,1-3H3,(H,13,14). The molecule has 0 fully saturated rings. The van der Waals surface area contributed by atoms with Gasteiger partial charge >= 0.3 is 0 Å². The van der Waals surface area contributed by atoms with Gasteiger partial charge in [0.2, 0.25) is 0 Å². The van der Waals surface area contributed by atoms with Crippen LogP contribution in [0.5, 0.6) is 0 Å². The molecule has 1 N–H and O–H groups in total. The van der Waals surface area contributed by atoms with E-state index in [1.54, 1.807) is 0 Å². The highest BCUT2D eigenvalue weighted by Crippen LogP contribution is 2.26. The van der Waals surface area contributed by atoms with E-state index in [9.17, 15) is 0 Å². The van der Waals surface area contributed by atoms with Crippen molar-refractivity contribution in [3.8, 4) is 0 Å². The van der Waals surface area contributed by atoms with Crippen LogP contribution in [-0.2, 0) is 0 Å². The molecule has 2 rings (SSSR count). The largest absolute Gasteiger partial charge is 0.388 e. The molecule has 2 nitrogen and oxygen atoms in total. The van der Waals surface area contributed by atoms with E-state index in [0.29, 0.717) is 0 Å². The Hall–Kier alpha value is -1.57. The Morgan fingerprint density at radius 1 is 1.07 bits per heavy atom. The normalized spacial score (nSPS) is 10.5. The summed E-state index contributed by atoms with van der Waals surface area (Å²) in [5.74, 6) is 0. The van der Waals surface area contributed by atoms with Crippen LogP contribution in [0.2, 0.25) is 0 Å². The highest BCUT2D eigenvalue weighted by atomic mass is 14.8. The van der Waals surface area contributed by atoms with E-state index in [1.165, 1.54) is 16.5 Å². The Morgan fingerprint density at radius 3 is 2.50 bits per heavy atom. The maximum Gasteiger partial charge on any atom is 0.0754 e. The van der Waals surface area contributed by atoms with Gasteiger partial charge in [0.1, 0.15) is 0 Å². The van der Waals surface area contributed by atoms with E-state index in [-0.39, 0.29) is 0 Å². The van der Waals surface area contributed by atoms with E-state index < -0.39 is 0 Å². The molecule has 0 saturated heterocycles. The molecule has 1 aromatic heterocycles. The van der Waals surface area contributed by atoms with E-state index in [2.05, 4.69) is 36.3 Å². The first-order valence-electron chi connectivity index (χ1n) is 4.76. The summed E-state index contributed by atoms with van der Waals surface area (Å²) in [6.45, 7) is 4.21. The summed E-state index contributed by atoms with van der Waals surface area (Å²) in [4.78, 5) is 4.41. The number of nitrogens with one attached hydrogen (secondary N) is 1. The summed E-state index contributed by atoms with van der Waals surface area (Å²) in [6.07, 6.45) is 1.85. The number of aromatic nitrogens is 1. The summed E-state index contributed by atoms with van der Waals surface area (Å²) >= 11 is 0. The topological polar surface area (TPSA) is 24.9 Å². The molecule has 0 aliphatic rings. The zero-order chi connectivity index (χ0) is 10.1. The molecule has 0 saturated carbocycles. The average molecular weight is 186 g/mol. The van der Waals surface area contributed by atoms with Gasteiger partial charge in [0.25, 0.3) is 0 Å². The molecule has 0 aliphatic carbocycles. The van der Waals surface area contributed by atoms with Gasteiger partial charge in [-0.05, 0) is 31.0 Å². The second-order valence-corrected chi connectivity index (χ2v) is 3.53. The zero-order valence-corrected chi connectivity index (χ0v) is 8.76. The van der Waals surface area contributed by atoms with E-state index >= 15 is 0 Å². The lowest BCUT2D eigenvalue weighted by Gasteiger charge is -2.09. The van der Waals surface area contributed by atoms with Crippen molar-refractivity contribution in [2.75, 3.05) is 12.4 Å². The molecule has 0 aliphatic heterocycles. The van der Waals surface area contributed by atoms with Crippen molar-refractivity contribution >= 4 is 16.6 Å². The predicted octanol–water partition coefficient (Wildman–Crippen LogP) is 2.89. The number of hydrogen-bond acceptors (Lipinski definition) is 2. The van der Waals surface area contributed by atoms with Crippen LogP contribution in [0, 0.1) is 13.8 Å². The molecule has 14 heavy (non-hydrogen) atoms. The number of fused-ring (bicyclic) bond motifs is 1. The lowest BCUT2D eigenvalue weighted by Crippen LogP contribution is -1.94. The maximum atomic E-state index is 4.41. The van der Waals surface area contributed by atoms with Crippen LogP contribution in [-0.4, -0.2) is 12.0 Å². The fourth-order valence-electron chi connectivity index (χ4n) is 1.78. The molecule has 72 valence electrons. The number of anilines is 1. The Morgan fingerprint density at radius 2 is 1.79 bits per heavy atom. The SMILES string of the molecule is CNc1ccnc2c(C)ccc(C)c12. The fourth-order valence-corrected chi connectivity index (χ4v) is 1.78. The highest BCUT2D eigenvalue weighted by molar-refractivity contribution is 5.95. The van der Waals surface area contributed by atoms with Crippen LogP contribution in [0.25, 0.3) is 10.9 Å². The van der Waals surface area contributed by atoms with E-state index in [4.69, 9.17) is 0 Å². The summed E-state index contributed by atoms with van der Waals surface area (Å²) in [5, 5.41) is 4.43. The first kappa shape index (κ1) is 9.00. The molecule has 2 heteroatoms. The third-order valence-electron chi connectivity index (χ3n) is 2.57. The molecule has 1 heterocycles. The summed E-state index contributed by atoms with van der Waals surface area (Å²) < 4.78 is 0. The molecule has 0 atom stereocenters. The van der Waals surface area contributed by atoms with Crippen LogP contribution in [0.1, 0.15) is 11.1 Å². The van der Waals surface area contributed by atoms with Gasteiger partial charge < -0.3 is 5.32 Å². The van der Waals surface area contributed by atoms with Gasteiger partial charge in [-0.3, -0.25) is 4.98 Å². The monoisotopic (exact) mass is 186 g/mol. The molecule has 0 spiro atoms. The number of hydrogen-bond donors (Lipinski definition) is 1. The number of rotatable bonds is 1. The van der Waals surface area contributed by atoms with Crippen molar-refractivity contribution in [2.45, 2.75) is 13.8 Å².